The van der Waals surface area contributed by atoms with E-state index in [4.69, 9.17) is 9.47 Å². The van der Waals surface area contributed by atoms with E-state index in [1.54, 1.807) is 7.11 Å². The minimum Gasteiger partial charge on any atom is -0.465 e. The Hall–Kier alpha value is -0.650. The van der Waals surface area contributed by atoms with Crippen LogP contribution in [0.4, 0.5) is 0 Å². The van der Waals surface area contributed by atoms with Crippen molar-refractivity contribution >= 4 is 5.97 Å². The number of piperidine rings is 1. The highest BCUT2D eigenvalue weighted by molar-refractivity contribution is 5.75. The third kappa shape index (κ3) is 5.38. The minimum atomic E-state index is -0.194. The van der Waals surface area contributed by atoms with E-state index in [1.165, 1.54) is 0 Å². The van der Waals surface area contributed by atoms with E-state index in [-0.39, 0.29) is 12.0 Å². The minimum absolute atomic E-state index is 0.136. The van der Waals surface area contributed by atoms with Gasteiger partial charge in [-0.3, -0.25) is 4.79 Å². The van der Waals surface area contributed by atoms with E-state index in [1.807, 2.05) is 13.8 Å². The summed E-state index contributed by atoms with van der Waals surface area (Å²) in [4.78, 5) is 14.2. The first-order valence-corrected chi connectivity index (χ1v) is 7.77. The molecule has 0 aromatic carbocycles. The zero-order chi connectivity index (χ0) is 15.0. The van der Waals surface area contributed by atoms with Crippen molar-refractivity contribution in [3.63, 3.8) is 0 Å². The van der Waals surface area contributed by atoms with Gasteiger partial charge in [0, 0.05) is 20.2 Å². The second-order valence-corrected chi connectivity index (χ2v) is 5.49. The summed E-state index contributed by atoms with van der Waals surface area (Å²) in [5, 5.41) is 3.21. The molecule has 1 aliphatic heterocycles. The lowest BCUT2D eigenvalue weighted by molar-refractivity contribution is -0.146. The maximum atomic E-state index is 11.9. The van der Waals surface area contributed by atoms with E-state index in [0.717, 1.165) is 39.0 Å². The molecule has 0 aliphatic carbocycles. The van der Waals surface area contributed by atoms with Gasteiger partial charge in [-0.05, 0) is 38.8 Å². The van der Waals surface area contributed by atoms with E-state index in [9.17, 15) is 4.79 Å². The second-order valence-electron chi connectivity index (χ2n) is 5.49. The summed E-state index contributed by atoms with van der Waals surface area (Å²) in [5.41, 5.74) is 0. The Morgan fingerprint density at radius 1 is 1.45 bits per heavy atom. The molecule has 1 aliphatic rings. The zero-order valence-electron chi connectivity index (χ0n) is 13.4. The maximum Gasteiger partial charge on any atom is 0.323 e. The van der Waals surface area contributed by atoms with Crippen LogP contribution in [0.1, 0.15) is 33.6 Å². The van der Waals surface area contributed by atoms with Gasteiger partial charge in [-0.15, -0.1) is 0 Å². The highest BCUT2D eigenvalue weighted by Gasteiger charge is 2.27. The fraction of sp³-hybridized carbons (Fsp3) is 0.933. The number of nitrogens with one attached hydrogen (secondary N) is 1. The zero-order valence-corrected chi connectivity index (χ0v) is 13.4. The van der Waals surface area contributed by atoms with Crippen LogP contribution in [-0.2, 0) is 14.3 Å². The van der Waals surface area contributed by atoms with Crippen molar-refractivity contribution in [3.05, 3.63) is 0 Å². The number of likely N-dealkylation sites (N-methyl/N-ethyl adjacent to an activating group) is 1. The Morgan fingerprint density at radius 3 is 2.80 bits per heavy atom. The molecule has 0 radical (unpaired) electrons. The molecule has 3 unspecified atom stereocenters. The molecule has 1 heterocycles. The molecular formula is C15H30N2O3. The van der Waals surface area contributed by atoms with Crippen LogP contribution in [0.15, 0.2) is 0 Å². The molecule has 0 aromatic rings. The lowest BCUT2D eigenvalue weighted by Crippen LogP contribution is -2.46. The molecule has 3 atom stereocenters. The fourth-order valence-corrected chi connectivity index (χ4v) is 2.71. The average Bonchev–Trinajstić information content (AvgIpc) is 2.45. The molecule has 0 amide bonds. The van der Waals surface area contributed by atoms with Gasteiger partial charge in [0.1, 0.15) is 6.04 Å². The molecule has 5 heteroatoms. The third-order valence-corrected chi connectivity index (χ3v) is 4.03. The van der Waals surface area contributed by atoms with Gasteiger partial charge >= 0.3 is 5.97 Å². The number of carbonyl (C=O) groups excluding carboxylic acids is 1. The van der Waals surface area contributed by atoms with Gasteiger partial charge in [0.2, 0.25) is 0 Å². The van der Waals surface area contributed by atoms with Crippen molar-refractivity contribution in [2.24, 2.45) is 5.92 Å². The number of hydrogen-bond donors (Lipinski definition) is 1. The summed E-state index contributed by atoms with van der Waals surface area (Å²) in [6.07, 6.45) is 2.25. The second kappa shape index (κ2) is 9.32. The smallest absolute Gasteiger partial charge is 0.323 e. The molecule has 1 fully saturated rings. The molecular weight excluding hydrogens is 256 g/mol. The van der Waals surface area contributed by atoms with Crippen LogP contribution in [0.2, 0.25) is 0 Å². The van der Waals surface area contributed by atoms with Crippen LogP contribution in [-0.4, -0.2) is 62.9 Å². The molecule has 1 rings (SSSR count). The van der Waals surface area contributed by atoms with Gasteiger partial charge < -0.3 is 19.7 Å². The molecule has 0 aromatic heterocycles. The van der Waals surface area contributed by atoms with Crippen molar-refractivity contribution in [1.82, 2.24) is 10.2 Å². The summed E-state index contributed by atoms with van der Waals surface area (Å²) in [5.74, 6) is 0.480. The van der Waals surface area contributed by atoms with Gasteiger partial charge in [-0.25, -0.2) is 0 Å². The van der Waals surface area contributed by atoms with Crippen LogP contribution in [0.5, 0.6) is 0 Å². The number of nitrogens with zero attached hydrogens (tertiary/aromatic N) is 1. The van der Waals surface area contributed by atoms with Crippen molar-refractivity contribution in [2.75, 3.05) is 39.9 Å². The third-order valence-electron chi connectivity index (χ3n) is 4.03. The monoisotopic (exact) mass is 286 g/mol. The Morgan fingerprint density at radius 2 is 2.20 bits per heavy atom. The van der Waals surface area contributed by atoms with E-state index < -0.39 is 0 Å². The van der Waals surface area contributed by atoms with Crippen LogP contribution in [0.3, 0.4) is 0 Å². The lowest BCUT2D eigenvalue weighted by atomic mass is 9.95. The van der Waals surface area contributed by atoms with E-state index in [2.05, 4.69) is 17.1 Å². The number of hydrogen-bond acceptors (Lipinski definition) is 5. The lowest BCUT2D eigenvalue weighted by Gasteiger charge is -2.36. The molecule has 1 N–H and O–H groups in total. The van der Waals surface area contributed by atoms with Crippen LogP contribution in [0.25, 0.3) is 0 Å². The topological polar surface area (TPSA) is 50.8 Å². The normalized spacial score (nSPS) is 25.4. The standard InChI is InChI=1S/C15H30N2O3/c1-5-16-13(15(18)20-6-2)8-10-17-9-7-12(3)14(11-17)19-4/h12-14,16H,5-11H2,1-4H3. The summed E-state index contributed by atoms with van der Waals surface area (Å²) < 4.78 is 10.6. The van der Waals surface area contributed by atoms with Gasteiger partial charge in [0.25, 0.3) is 0 Å². The maximum absolute atomic E-state index is 11.9. The van der Waals surface area contributed by atoms with Crippen LogP contribution in [0, 0.1) is 5.92 Å². The first-order valence-electron chi connectivity index (χ1n) is 7.77. The van der Waals surface area contributed by atoms with Crippen molar-refractivity contribution in [1.29, 1.82) is 0 Å². The Labute approximate surface area is 123 Å². The number of esters is 1. The van der Waals surface area contributed by atoms with Crippen molar-refractivity contribution < 1.29 is 14.3 Å². The predicted molar refractivity (Wildman–Crippen MR) is 79.7 cm³/mol. The van der Waals surface area contributed by atoms with Gasteiger partial charge in [0.05, 0.1) is 12.7 Å². The largest absolute Gasteiger partial charge is 0.465 e. The van der Waals surface area contributed by atoms with Crippen LogP contribution >= 0.6 is 0 Å². The molecule has 0 spiro atoms. The Balaban J connectivity index is 2.40. The summed E-state index contributed by atoms with van der Waals surface area (Å²) in [6.45, 7) is 10.3. The molecule has 118 valence electrons. The van der Waals surface area contributed by atoms with Gasteiger partial charge in [-0.1, -0.05) is 13.8 Å². The summed E-state index contributed by atoms with van der Waals surface area (Å²) >= 11 is 0. The number of ether oxygens (including phenoxy) is 2. The summed E-state index contributed by atoms with van der Waals surface area (Å²) in [7, 11) is 1.78. The average molecular weight is 286 g/mol. The molecule has 5 nitrogen and oxygen atoms in total. The van der Waals surface area contributed by atoms with Crippen molar-refractivity contribution in [3.8, 4) is 0 Å². The van der Waals surface area contributed by atoms with Gasteiger partial charge in [0.15, 0.2) is 0 Å². The highest BCUT2D eigenvalue weighted by atomic mass is 16.5. The molecule has 20 heavy (non-hydrogen) atoms. The summed E-state index contributed by atoms with van der Waals surface area (Å²) in [6, 6.07) is -0.194. The molecule has 0 bridgehead atoms. The van der Waals surface area contributed by atoms with E-state index in [0.29, 0.717) is 18.6 Å². The number of likely N-dealkylation sites (tertiary alicyclic amines) is 1. The fourth-order valence-electron chi connectivity index (χ4n) is 2.71. The predicted octanol–water partition coefficient (Wildman–Crippen LogP) is 1.27. The number of carbonyl (C=O) groups is 1. The molecule has 1 saturated heterocycles. The Kier molecular flexibility index (Phi) is 8.11. The first-order chi connectivity index (χ1) is 9.62. The quantitative estimate of drug-likeness (QED) is 0.681. The Bertz CT molecular complexity index is 286. The number of methoxy groups -OCH3 is 1. The van der Waals surface area contributed by atoms with Crippen molar-refractivity contribution in [2.45, 2.75) is 45.8 Å². The SMILES string of the molecule is CCNC(CCN1CCC(C)C(OC)C1)C(=O)OCC. The molecule has 0 saturated carbocycles. The first kappa shape index (κ1) is 17.4. The van der Waals surface area contributed by atoms with Gasteiger partial charge in [-0.2, -0.15) is 0 Å². The van der Waals surface area contributed by atoms with Crippen LogP contribution < -0.4 is 5.32 Å². The highest BCUT2D eigenvalue weighted by Crippen LogP contribution is 2.19. The van der Waals surface area contributed by atoms with E-state index >= 15 is 0 Å². The number of rotatable bonds is 8.